The smallest absolute Gasteiger partial charge is 0.280 e. The third-order valence-electron chi connectivity index (χ3n) is 6.68. The van der Waals surface area contributed by atoms with Crippen LogP contribution in [0.25, 0.3) is 33.2 Å². The van der Waals surface area contributed by atoms with Gasteiger partial charge in [-0.15, -0.1) is 0 Å². The van der Waals surface area contributed by atoms with E-state index in [0.29, 0.717) is 27.8 Å². The number of halogens is 3. The Labute approximate surface area is 233 Å². The molecule has 5 rings (SSSR count). The van der Waals surface area contributed by atoms with Crippen LogP contribution in [0.5, 0.6) is 5.88 Å². The van der Waals surface area contributed by atoms with E-state index in [-0.39, 0.29) is 23.1 Å². The summed E-state index contributed by atoms with van der Waals surface area (Å²) in [5.41, 5.74) is 9.85. The number of fused-ring (bicyclic) bond motifs is 1. The number of anilines is 2. The Morgan fingerprint density at radius 1 is 1.07 bits per heavy atom. The fraction of sp³-hybridized carbons (Fsp3) is 0.172. The highest BCUT2D eigenvalue weighted by molar-refractivity contribution is 6.36. The SMILES string of the molecule is COc1nc(-c2cccc(-c3cccc(Nc4nc(C(F)F)cc5cnn(C)c(=O)c45)c3C)c2Cl)ccc1CN. The Hall–Kier alpha value is -4.41. The maximum atomic E-state index is 13.6. The Kier molecular flexibility index (Phi) is 7.46. The van der Waals surface area contributed by atoms with Crippen molar-refractivity contribution < 1.29 is 13.5 Å². The molecule has 0 saturated carbocycles. The highest BCUT2D eigenvalue weighted by atomic mass is 35.5. The number of alkyl halides is 2. The number of aromatic nitrogens is 4. The summed E-state index contributed by atoms with van der Waals surface area (Å²) in [7, 11) is 3.02. The van der Waals surface area contributed by atoms with Crippen molar-refractivity contribution in [2.24, 2.45) is 12.8 Å². The average Bonchev–Trinajstić information content (AvgIpc) is 2.95. The molecule has 0 unspecified atom stereocenters. The lowest BCUT2D eigenvalue weighted by Gasteiger charge is -2.17. The van der Waals surface area contributed by atoms with Crippen LogP contribution in [-0.2, 0) is 13.6 Å². The van der Waals surface area contributed by atoms with Gasteiger partial charge in [-0.3, -0.25) is 4.79 Å². The van der Waals surface area contributed by atoms with Crippen molar-refractivity contribution in [3.63, 3.8) is 0 Å². The van der Waals surface area contributed by atoms with Gasteiger partial charge >= 0.3 is 0 Å². The predicted molar refractivity (Wildman–Crippen MR) is 152 cm³/mol. The summed E-state index contributed by atoms with van der Waals surface area (Å²) in [6.07, 6.45) is -1.46. The van der Waals surface area contributed by atoms with Gasteiger partial charge in [0.2, 0.25) is 5.88 Å². The van der Waals surface area contributed by atoms with E-state index in [1.165, 1.54) is 26.4 Å². The normalized spacial score (nSPS) is 11.3. The van der Waals surface area contributed by atoms with E-state index >= 15 is 0 Å². The molecule has 0 fully saturated rings. The first kappa shape index (κ1) is 27.2. The summed E-state index contributed by atoms with van der Waals surface area (Å²) in [6.45, 7) is 2.16. The van der Waals surface area contributed by atoms with Gasteiger partial charge in [0.05, 0.1) is 29.4 Å². The summed E-state index contributed by atoms with van der Waals surface area (Å²) in [6, 6.07) is 16.0. The van der Waals surface area contributed by atoms with Gasteiger partial charge in [0.1, 0.15) is 11.5 Å². The molecule has 8 nitrogen and oxygen atoms in total. The Bertz CT molecular complexity index is 1810. The van der Waals surface area contributed by atoms with Crippen LogP contribution in [0.15, 0.2) is 65.6 Å². The molecule has 0 aliphatic carbocycles. The molecule has 3 N–H and O–H groups in total. The molecule has 3 aromatic heterocycles. The highest BCUT2D eigenvalue weighted by Crippen LogP contribution is 2.40. The van der Waals surface area contributed by atoms with Crippen LogP contribution in [-0.4, -0.2) is 26.9 Å². The van der Waals surface area contributed by atoms with E-state index in [9.17, 15) is 13.6 Å². The Balaban J connectivity index is 1.61. The maximum absolute atomic E-state index is 13.6. The lowest BCUT2D eigenvalue weighted by molar-refractivity contribution is 0.146. The molecule has 0 aliphatic heterocycles. The molecule has 0 amide bonds. The number of methoxy groups -OCH3 is 1. The summed E-state index contributed by atoms with van der Waals surface area (Å²) in [5, 5.41) is 7.97. The van der Waals surface area contributed by atoms with Crippen LogP contribution in [0.4, 0.5) is 20.3 Å². The number of nitrogens with two attached hydrogens (primary N) is 1. The molecule has 3 heterocycles. The number of nitrogens with zero attached hydrogens (tertiary/aromatic N) is 4. The van der Waals surface area contributed by atoms with Gasteiger partial charge in [-0.25, -0.2) is 23.4 Å². The molecule has 0 bridgehead atoms. The molecule has 0 spiro atoms. The number of hydrogen-bond donors (Lipinski definition) is 2. The summed E-state index contributed by atoms with van der Waals surface area (Å²) < 4.78 is 33.8. The lowest BCUT2D eigenvalue weighted by atomic mass is 9.96. The summed E-state index contributed by atoms with van der Waals surface area (Å²) >= 11 is 6.93. The lowest BCUT2D eigenvalue weighted by Crippen LogP contribution is -2.20. The van der Waals surface area contributed by atoms with Crippen molar-refractivity contribution in [1.82, 2.24) is 19.7 Å². The van der Waals surface area contributed by atoms with Crippen LogP contribution >= 0.6 is 11.6 Å². The van der Waals surface area contributed by atoms with Crippen molar-refractivity contribution in [3.05, 3.63) is 93.0 Å². The minimum absolute atomic E-state index is 0.0205. The van der Waals surface area contributed by atoms with Crippen LogP contribution in [0, 0.1) is 6.92 Å². The largest absolute Gasteiger partial charge is 0.481 e. The molecule has 0 atom stereocenters. The fourth-order valence-corrected chi connectivity index (χ4v) is 4.88. The van der Waals surface area contributed by atoms with E-state index in [2.05, 4.69) is 20.4 Å². The van der Waals surface area contributed by atoms with Crippen LogP contribution < -0.4 is 21.3 Å². The second-order valence-corrected chi connectivity index (χ2v) is 9.45. The standard InChI is InChI=1S/C29H25ClF2N6O2/c1-15-18(19-7-4-8-20(25(19)30)22-11-10-16(13-33)28(37-22)40-3)6-5-9-21(15)35-27-24-17(12-23(36-27)26(31)32)14-34-38(2)29(24)39/h4-12,14,26H,13,33H2,1-3H3,(H,35,36). The minimum Gasteiger partial charge on any atom is -0.481 e. The zero-order chi connectivity index (χ0) is 28.6. The number of nitrogens with one attached hydrogen (secondary N) is 1. The second-order valence-electron chi connectivity index (χ2n) is 9.07. The molecule has 0 aliphatic rings. The van der Waals surface area contributed by atoms with Crippen LogP contribution in [0.2, 0.25) is 5.02 Å². The fourth-order valence-electron chi connectivity index (χ4n) is 4.56. The molecule has 2 aromatic carbocycles. The van der Waals surface area contributed by atoms with Crippen molar-refractivity contribution in [2.45, 2.75) is 19.9 Å². The van der Waals surface area contributed by atoms with Gasteiger partial charge in [0, 0.05) is 41.4 Å². The molecule has 5 aromatic rings. The Morgan fingerprint density at radius 2 is 1.80 bits per heavy atom. The first-order chi connectivity index (χ1) is 19.2. The van der Waals surface area contributed by atoms with E-state index in [4.69, 9.17) is 22.1 Å². The number of rotatable bonds is 7. The zero-order valence-electron chi connectivity index (χ0n) is 21.9. The highest BCUT2D eigenvalue weighted by Gasteiger charge is 2.19. The zero-order valence-corrected chi connectivity index (χ0v) is 22.6. The first-order valence-electron chi connectivity index (χ1n) is 12.3. The van der Waals surface area contributed by atoms with Crippen LogP contribution in [0.3, 0.4) is 0 Å². The molecule has 11 heteroatoms. The van der Waals surface area contributed by atoms with E-state index in [1.807, 2.05) is 49.4 Å². The minimum atomic E-state index is -2.82. The first-order valence-corrected chi connectivity index (χ1v) is 12.7. The number of hydrogen-bond acceptors (Lipinski definition) is 7. The molecular formula is C29H25ClF2N6O2. The average molecular weight is 563 g/mol. The van der Waals surface area contributed by atoms with Gasteiger partial charge < -0.3 is 15.8 Å². The molecule has 0 radical (unpaired) electrons. The van der Waals surface area contributed by atoms with Crippen LogP contribution in [0.1, 0.15) is 23.2 Å². The van der Waals surface area contributed by atoms with Crippen molar-refractivity contribution in [2.75, 3.05) is 12.4 Å². The molecule has 0 saturated heterocycles. The Morgan fingerprint density at radius 3 is 2.52 bits per heavy atom. The molecule has 204 valence electrons. The van der Waals surface area contributed by atoms with Gasteiger partial charge in [0.25, 0.3) is 12.0 Å². The maximum Gasteiger partial charge on any atom is 0.280 e. The van der Waals surface area contributed by atoms with Gasteiger partial charge in [-0.1, -0.05) is 48.0 Å². The number of ether oxygens (including phenoxy) is 1. The van der Waals surface area contributed by atoms with Gasteiger partial charge in [0.15, 0.2) is 0 Å². The van der Waals surface area contributed by atoms with E-state index in [1.54, 1.807) is 6.07 Å². The number of benzene rings is 2. The van der Waals surface area contributed by atoms with Crippen molar-refractivity contribution >= 4 is 33.9 Å². The predicted octanol–water partition coefficient (Wildman–Crippen LogP) is 6.17. The topological polar surface area (TPSA) is 108 Å². The number of pyridine rings is 2. The molecular weight excluding hydrogens is 538 g/mol. The number of aryl methyl sites for hydroxylation is 1. The van der Waals surface area contributed by atoms with Gasteiger partial charge in [-0.2, -0.15) is 5.10 Å². The third-order valence-corrected chi connectivity index (χ3v) is 7.08. The van der Waals surface area contributed by atoms with E-state index < -0.39 is 17.7 Å². The quantitative estimate of drug-likeness (QED) is 0.244. The van der Waals surface area contributed by atoms with E-state index in [0.717, 1.165) is 26.9 Å². The van der Waals surface area contributed by atoms with Crippen molar-refractivity contribution in [1.29, 1.82) is 0 Å². The van der Waals surface area contributed by atoms with Crippen molar-refractivity contribution in [3.8, 4) is 28.3 Å². The third kappa shape index (κ3) is 4.87. The summed E-state index contributed by atoms with van der Waals surface area (Å²) in [4.78, 5) is 21.6. The second kappa shape index (κ2) is 11.0. The summed E-state index contributed by atoms with van der Waals surface area (Å²) in [5.74, 6) is 0.447. The monoisotopic (exact) mass is 562 g/mol. The van der Waals surface area contributed by atoms with Gasteiger partial charge in [-0.05, 0) is 36.2 Å². The molecule has 40 heavy (non-hydrogen) atoms.